The second-order valence-corrected chi connectivity index (χ2v) is 7.56. The fraction of sp³-hybridized carbons (Fsp3) is 0.588. The van der Waals surface area contributed by atoms with Crippen LogP contribution in [0.3, 0.4) is 0 Å². The van der Waals surface area contributed by atoms with Gasteiger partial charge in [0.1, 0.15) is 0 Å². The zero-order chi connectivity index (χ0) is 17.1. The first-order valence-electron chi connectivity index (χ1n) is 8.40. The standard InChI is InChI=1S/C17H24N4O2S/c1-12(2)16-18-15(23-19-16)11-20(3)13-6-8-21(9-7-13)17(22)14-5-4-10-24-14/h4-5,10,12-13H,6-9,11H2,1-3H3. The van der Waals surface area contributed by atoms with Crippen LogP contribution >= 0.6 is 11.3 Å². The number of hydrogen-bond donors (Lipinski definition) is 0. The average Bonchev–Trinajstić information content (AvgIpc) is 3.26. The highest BCUT2D eigenvalue weighted by Crippen LogP contribution is 2.21. The third-order valence-corrected chi connectivity index (χ3v) is 5.35. The minimum absolute atomic E-state index is 0.157. The molecule has 0 unspecified atom stereocenters. The van der Waals surface area contributed by atoms with Crippen molar-refractivity contribution < 1.29 is 9.32 Å². The number of amides is 1. The van der Waals surface area contributed by atoms with E-state index in [9.17, 15) is 4.79 Å². The van der Waals surface area contributed by atoms with Gasteiger partial charge >= 0.3 is 0 Å². The predicted molar refractivity (Wildman–Crippen MR) is 93.1 cm³/mol. The molecule has 24 heavy (non-hydrogen) atoms. The Morgan fingerprint density at radius 1 is 1.46 bits per heavy atom. The maximum absolute atomic E-state index is 12.4. The Balaban J connectivity index is 1.51. The van der Waals surface area contributed by atoms with Crippen molar-refractivity contribution in [3.05, 3.63) is 34.1 Å². The Morgan fingerprint density at radius 2 is 2.21 bits per heavy atom. The summed E-state index contributed by atoms with van der Waals surface area (Å²) >= 11 is 1.51. The van der Waals surface area contributed by atoms with Crippen LogP contribution in [0, 0.1) is 0 Å². The van der Waals surface area contributed by atoms with Crippen LogP contribution in [-0.2, 0) is 6.54 Å². The Hall–Kier alpha value is -1.73. The molecule has 1 aliphatic rings. The normalized spacial score (nSPS) is 16.3. The van der Waals surface area contributed by atoms with Crippen LogP contribution in [0.5, 0.6) is 0 Å². The van der Waals surface area contributed by atoms with Crippen LogP contribution in [0.25, 0.3) is 0 Å². The van der Waals surface area contributed by atoms with Gasteiger partial charge in [-0.3, -0.25) is 9.69 Å². The van der Waals surface area contributed by atoms with Crippen LogP contribution in [0.1, 0.15) is 54.0 Å². The highest BCUT2D eigenvalue weighted by atomic mass is 32.1. The van der Waals surface area contributed by atoms with Crippen molar-refractivity contribution in [3.8, 4) is 0 Å². The molecule has 0 spiro atoms. The number of nitrogens with zero attached hydrogens (tertiary/aromatic N) is 4. The SMILES string of the molecule is CC(C)c1noc(CN(C)C2CCN(C(=O)c3cccs3)CC2)n1. The Labute approximate surface area is 146 Å². The lowest BCUT2D eigenvalue weighted by atomic mass is 10.0. The topological polar surface area (TPSA) is 62.5 Å². The third-order valence-electron chi connectivity index (χ3n) is 4.49. The first kappa shape index (κ1) is 17.1. The highest BCUT2D eigenvalue weighted by molar-refractivity contribution is 7.12. The average molecular weight is 348 g/mol. The summed E-state index contributed by atoms with van der Waals surface area (Å²) in [6.07, 6.45) is 1.94. The van der Waals surface area contributed by atoms with Crippen molar-refractivity contribution in [3.63, 3.8) is 0 Å². The number of piperidine rings is 1. The molecule has 1 amide bonds. The van der Waals surface area contributed by atoms with Crippen molar-refractivity contribution in [1.82, 2.24) is 19.9 Å². The zero-order valence-corrected chi connectivity index (χ0v) is 15.3. The number of carbonyl (C=O) groups excluding carboxylic acids is 1. The Kier molecular flexibility index (Phi) is 5.30. The van der Waals surface area contributed by atoms with Gasteiger partial charge in [-0.05, 0) is 31.3 Å². The fourth-order valence-electron chi connectivity index (χ4n) is 2.98. The van der Waals surface area contributed by atoms with E-state index >= 15 is 0 Å². The van der Waals surface area contributed by atoms with Crippen molar-refractivity contribution in [2.45, 2.75) is 45.2 Å². The van der Waals surface area contributed by atoms with E-state index < -0.39 is 0 Å². The molecule has 0 saturated carbocycles. The van der Waals surface area contributed by atoms with Crippen molar-refractivity contribution in [2.24, 2.45) is 0 Å². The summed E-state index contributed by atoms with van der Waals surface area (Å²) < 4.78 is 5.33. The quantitative estimate of drug-likeness (QED) is 0.831. The second-order valence-electron chi connectivity index (χ2n) is 6.62. The molecule has 0 N–H and O–H groups in total. The van der Waals surface area contributed by atoms with Crippen molar-refractivity contribution >= 4 is 17.2 Å². The van der Waals surface area contributed by atoms with E-state index in [-0.39, 0.29) is 11.8 Å². The van der Waals surface area contributed by atoms with Gasteiger partial charge in [0.2, 0.25) is 5.89 Å². The molecular weight excluding hydrogens is 324 g/mol. The number of carbonyl (C=O) groups is 1. The first-order chi connectivity index (χ1) is 11.5. The lowest BCUT2D eigenvalue weighted by Gasteiger charge is -2.36. The summed E-state index contributed by atoms with van der Waals surface area (Å²) in [5.74, 6) is 1.86. The van der Waals surface area contributed by atoms with Crippen molar-refractivity contribution in [1.29, 1.82) is 0 Å². The largest absolute Gasteiger partial charge is 0.338 e. The molecule has 2 aromatic rings. The van der Waals surface area contributed by atoms with Crippen molar-refractivity contribution in [2.75, 3.05) is 20.1 Å². The van der Waals surface area contributed by atoms with E-state index in [1.807, 2.05) is 22.4 Å². The molecule has 0 atom stereocenters. The molecule has 0 aliphatic carbocycles. The number of likely N-dealkylation sites (tertiary alicyclic amines) is 1. The summed E-state index contributed by atoms with van der Waals surface area (Å²) in [6, 6.07) is 4.26. The van der Waals surface area contributed by atoms with Gasteiger partial charge in [-0.15, -0.1) is 11.3 Å². The highest BCUT2D eigenvalue weighted by Gasteiger charge is 2.27. The summed E-state index contributed by atoms with van der Waals surface area (Å²) in [6.45, 7) is 6.36. The van der Waals surface area contributed by atoms with Crippen LogP contribution < -0.4 is 0 Å². The molecule has 2 aromatic heterocycles. The van der Waals surface area contributed by atoms with E-state index in [2.05, 4.69) is 35.9 Å². The van der Waals surface area contributed by atoms with E-state index in [0.717, 1.165) is 36.6 Å². The van der Waals surface area contributed by atoms with Crippen LogP contribution in [-0.4, -0.2) is 52.0 Å². The van der Waals surface area contributed by atoms with E-state index in [0.29, 0.717) is 18.5 Å². The van der Waals surface area contributed by atoms with Gasteiger partial charge in [0, 0.05) is 25.0 Å². The molecule has 1 fully saturated rings. The van der Waals surface area contributed by atoms with Gasteiger partial charge in [-0.1, -0.05) is 25.1 Å². The van der Waals surface area contributed by atoms with Crippen LogP contribution in [0.4, 0.5) is 0 Å². The number of aromatic nitrogens is 2. The van der Waals surface area contributed by atoms with Gasteiger partial charge < -0.3 is 9.42 Å². The minimum atomic E-state index is 0.157. The number of hydrogen-bond acceptors (Lipinski definition) is 6. The van der Waals surface area contributed by atoms with Gasteiger partial charge in [0.15, 0.2) is 5.82 Å². The van der Waals surface area contributed by atoms with Crippen LogP contribution in [0.15, 0.2) is 22.0 Å². The summed E-state index contributed by atoms with van der Waals surface area (Å²) in [5.41, 5.74) is 0. The Bertz CT molecular complexity index is 660. The monoisotopic (exact) mass is 348 g/mol. The second kappa shape index (κ2) is 7.44. The molecule has 130 valence electrons. The lowest BCUT2D eigenvalue weighted by molar-refractivity contribution is 0.0634. The molecule has 0 radical (unpaired) electrons. The molecule has 6 nitrogen and oxygen atoms in total. The van der Waals surface area contributed by atoms with E-state index in [4.69, 9.17) is 4.52 Å². The molecule has 3 heterocycles. The molecule has 3 rings (SSSR count). The lowest BCUT2D eigenvalue weighted by Crippen LogP contribution is -2.45. The fourth-order valence-corrected chi connectivity index (χ4v) is 3.67. The maximum Gasteiger partial charge on any atom is 0.263 e. The summed E-state index contributed by atoms with van der Waals surface area (Å²) in [7, 11) is 2.08. The molecular formula is C17H24N4O2S. The van der Waals surface area contributed by atoms with Crippen LogP contribution in [0.2, 0.25) is 0 Å². The molecule has 1 saturated heterocycles. The van der Waals surface area contributed by atoms with Gasteiger partial charge in [0.05, 0.1) is 11.4 Å². The van der Waals surface area contributed by atoms with Gasteiger partial charge in [-0.2, -0.15) is 4.98 Å². The minimum Gasteiger partial charge on any atom is -0.338 e. The summed E-state index contributed by atoms with van der Waals surface area (Å²) in [4.78, 5) is 21.9. The van der Waals surface area contributed by atoms with Gasteiger partial charge in [-0.25, -0.2) is 0 Å². The maximum atomic E-state index is 12.4. The molecule has 1 aliphatic heterocycles. The molecule has 7 heteroatoms. The van der Waals surface area contributed by atoms with Gasteiger partial charge in [0.25, 0.3) is 5.91 Å². The Morgan fingerprint density at radius 3 is 2.79 bits per heavy atom. The van der Waals surface area contributed by atoms with E-state index in [1.165, 1.54) is 11.3 Å². The summed E-state index contributed by atoms with van der Waals surface area (Å²) in [5, 5.41) is 5.96. The zero-order valence-electron chi connectivity index (χ0n) is 14.4. The molecule has 0 aromatic carbocycles. The predicted octanol–water partition coefficient (Wildman–Crippen LogP) is 2.99. The molecule has 0 bridgehead atoms. The first-order valence-corrected chi connectivity index (χ1v) is 9.28. The number of rotatable bonds is 5. The third kappa shape index (κ3) is 3.84. The smallest absolute Gasteiger partial charge is 0.263 e. The van der Waals surface area contributed by atoms with E-state index in [1.54, 1.807) is 0 Å². The number of thiophene rings is 1.